The van der Waals surface area contributed by atoms with Crippen LogP contribution in [0.2, 0.25) is 0 Å². The lowest BCUT2D eigenvalue weighted by Crippen LogP contribution is -2.11. The van der Waals surface area contributed by atoms with E-state index in [0.29, 0.717) is 6.07 Å². The summed E-state index contributed by atoms with van der Waals surface area (Å²) in [5.74, 6) is 0. The number of alkyl halides is 3. The van der Waals surface area contributed by atoms with Gasteiger partial charge in [-0.2, -0.15) is 13.2 Å². The molecular formula is C8H9F3N2O. The number of aliphatic hydroxyl groups is 1. The quantitative estimate of drug-likeness (QED) is 0.609. The second-order valence-electron chi connectivity index (χ2n) is 2.69. The monoisotopic (exact) mass is 207 g/mol. The average Bonchev–Trinajstić information content (AvgIpc) is 2.13. The zero-order valence-corrected chi connectivity index (χ0v) is 7.02. The third-order valence-corrected chi connectivity index (χ3v) is 1.67. The van der Waals surface area contributed by atoms with Crippen molar-refractivity contribution in [2.75, 3.05) is 11.5 Å². The van der Waals surface area contributed by atoms with E-state index < -0.39 is 29.7 Å². The first-order valence-electron chi connectivity index (χ1n) is 4.14. The Morgan fingerprint density at radius 3 is 2.43 bits per heavy atom. The fraction of sp³-hybridized carbons (Fsp3) is 0.250. The minimum atomic E-state index is -4.64. The molecule has 0 radical (unpaired) electrons. The first kappa shape index (κ1) is 9.14. The van der Waals surface area contributed by atoms with Crippen LogP contribution in [0, 0.1) is 0 Å². The molecule has 0 saturated heterocycles. The highest BCUT2D eigenvalue weighted by molar-refractivity contribution is 5.69. The average molecular weight is 207 g/mol. The molecule has 5 N–H and O–H groups in total. The van der Waals surface area contributed by atoms with Crippen LogP contribution in [0.1, 0.15) is 12.5 Å². The van der Waals surface area contributed by atoms with Gasteiger partial charge < -0.3 is 16.6 Å². The number of anilines is 2. The number of hydrogen-bond acceptors (Lipinski definition) is 3. The van der Waals surface area contributed by atoms with Crippen LogP contribution in [0.25, 0.3) is 0 Å². The van der Waals surface area contributed by atoms with Crippen molar-refractivity contribution in [1.82, 2.24) is 0 Å². The van der Waals surface area contributed by atoms with Crippen molar-refractivity contribution in [2.45, 2.75) is 12.8 Å². The van der Waals surface area contributed by atoms with Gasteiger partial charge in [0.25, 0.3) is 0 Å². The van der Waals surface area contributed by atoms with E-state index in [1.165, 1.54) is 0 Å². The molecule has 0 aliphatic rings. The molecule has 14 heavy (non-hydrogen) atoms. The van der Waals surface area contributed by atoms with E-state index in [2.05, 4.69) is 0 Å². The zero-order chi connectivity index (χ0) is 11.8. The Morgan fingerprint density at radius 1 is 1.43 bits per heavy atom. The smallest absolute Gasteiger partial charge is 0.397 e. The van der Waals surface area contributed by atoms with Gasteiger partial charge in [-0.1, -0.05) is 0 Å². The largest absolute Gasteiger partial charge is 0.418 e. The number of halogens is 3. The molecule has 0 atom stereocenters. The number of aliphatic hydroxyl groups excluding tert-OH is 1. The summed E-state index contributed by atoms with van der Waals surface area (Å²) in [6, 6.07) is 0.261. The van der Waals surface area contributed by atoms with Gasteiger partial charge in [-0.25, -0.2) is 0 Å². The van der Waals surface area contributed by atoms with Crippen LogP contribution >= 0.6 is 0 Å². The highest BCUT2D eigenvalue weighted by Crippen LogP contribution is 2.36. The minimum absolute atomic E-state index is 0.200. The van der Waals surface area contributed by atoms with Crippen molar-refractivity contribution >= 4 is 11.4 Å². The van der Waals surface area contributed by atoms with Crippen molar-refractivity contribution in [2.24, 2.45) is 0 Å². The van der Waals surface area contributed by atoms with Gasteiger partial charge in [-0.05, 0) is 17.7 Å². The van der Waals surface area contributed by atoms with Crippen LogP contribution in [-0.4, -0.2) is 5.11 Å². The third-order valence-electron chi connectivity index (χ3n) is 1.67. The maximum Gasteiger partial charge on any atom is 0.418 e. The number of nitrogens with two attached hydrogens (primary N) is 2. The van der Waals surface area contributed by atoms with Gasteiger partial charge in [0.15, 0.2) is 0 Å². The molecule has 0 bridgehead atoms. The molecule has 78 valence electrons. The second-order valence-corrected chi connectivity index (χ2v) is 2.69. The van der Waals surface area contributed by atoms with Crippen LogP contribution in [-0.2, 0) is 12.8 Å². The Kier molecular flexibility index (Phi) is 2.20. The van der Waals surface area contributed by atoms with Crippen LogP contribution < -0.4 is 11.5 Å². The fourth-order valence-electron chi connectivity index (χ4n) is 0.993. The lowest BCUT2D eigenvalue weighted by atomic mass is 10.1. The lowest BCUT2D eigenvalue weighted by Gasteiger charge is -2.13. The molecule has 0 aliphatic heterocycles. The Hall–Kier alpha value is -1.43. The fourth-order valence-corrected chi connectivity index (χ4v) is 0.993. The summed E-state index contributed by atoms with van der Waals surface area (Å²) in [6.45, 7) is -0.688. The van der Waals surface area contributed by atoms with Gasteiger partial charge in [-0.3, -0.25) is 0 Å². The van der Waals surface area contributed by atoms with Crippen LogP contribution in [0.15, 0.2) is 12.1 Å². The second kappa shape index (κ2) is 3.38. The molecule has 1 aromatic rings. The van der Waals surface area contributed by atoms with E-state index in [1.807, 2.05) is 0 Å². The van der Waals surface area contributed by atoms with Gasteiger partial charge in [0.1, 0.15) is 0 Å². The predicted octanol–water partition coefficient (Wildman–Crippen LogP) is 1.36. The highest BCUT2D eigenvalue weighted by atomic mass is 19.4. The number of rotatable bonds is 1. The van der Waals surface area contributed by atoms with Crippen molar-refractivity contribution in [3.05, 3.63) is 23.2 Å². The molecule has 3 nitrogen and oxygen atoms in total. The first-order valence-corrected chi connectivity index (χ1v) is 3.64. The number of benzene rings is 1. The zero-order valence-electron chi connectivity index (χ0n) is 8.02. The van der Waals surface area contributed by atoms with E-state index in [9.17, 15) is 13.2 Å². The van der Waals surface area contributed by atoms with E-state index in [4.69, 9.17) is 17.9 Å². The van der Waals surface area contributed by atoms with Gasteiger partial charge in [0.05, 0.1) is 24.9 Å². The van der Waals surface area contributed by atoms with E-state index in [-0.39, 0.29) is 11.6 Å². The maximum absolute atomic E-state index is 12.4. The third kappa shape index (κ3) is 1.90. The van der Waals surface area contributed by atoms with Gasteiger partial charge in [0, 0.05) is 0 Å². The predicted molar refractivity (Wildman–Crippen MR) is 46.2 cm³/mol. The lowest BCUT2D eigenvalue weighted by molar-refractivity contribution is -0.136. The molecule has 0 saturated carbocycles. The normalized spacial score (nSPS) is 12.7. The van der Waals surface area contributed by atoms with Crippen LogP contribution in [0.3, 0.4) is 0 Å². The number of hydrogen-bond donors (Lipinski definition) is 3. The molecule has 0 aromatic heterocycles. The molecule has 0 heterocycles. The Labute approximate surface area is 79.5 Å². The summed E-state index contributed by atoms with van der Waals surface area (Å²) in [6.07, 6.45) is -4.64. The summed E-state index contributed by atoms with van der Waals surface area (Å²) in [7, 11) is 0. The van der Waals surface area contributed by atoms with Crippen molar-refractivity contribution in [3.63, 3.8) is 0 Å². The van der Waals surface area contributed by atoms with Gasteiger partial charge in [-0.15, -0.1) is 0 Å². The molecule has 0 amide bonds. The summed E-state index contributed by atoms with van der Waals surface area (Å²) in [5.41, 5.74) is 7.91. The van der Waals surface area contributed by atoms with Crippen LogP contribution in [0.4, 0.5) is 24.5 Å². The Bertz CT molecular complexity index is 392. The van der Waals surface area contributed by atoms with Gasteiger partial charge >= 0.3 is 6.18 Å². The molecule has 6 heteroatoms. The standard InChI is InChI=1S/C8H9F3N2O/c9-8(10,11)5-1-4(3-14)2-6(12)7(5)13/h1-2,14H,3,12-13H2/i2D. The highest BCUT2D eigenvalue weighted by Gasteiger charge is 2.33. The maximum atomic E-state index is 12.4. The van der Waals surface area contributed by atoms with Crippen molar-refractivity contribution in [3.8, 4) is 0 Å². The topological polar surface area (TPSA) is 72.3 Å². The Balaban J connectivity index is 3.49. The molecule has 0 fully saturated rings. The molecule has 1 rings (SSSR count). The summed E-state index contributed by atoms with van der Waals surface area (Å²) in [4.78, 5) is 0. The van der Waals surface area contributed by atoms with Crippen LogP contribution in [0.5, 0.6) is 0 Å². The summed E-state index contributed by atoms with van der Waals surface area (Å²) >= 11 is 0. The number of nitrogen functional groups attached to an aromatic ring is 2. The van der Waals surface area contributed by atoms with Crippen molar-refractivity contribution < 1.29 is 19.6 Å². The van der Waals surface area contributed by atoms with Crippen molar-refractivity contribution in [1.29, 1.82) is 0 Å². The molecule has 0 aliphatic carbocycles. The SMILES string of the molecule is [2H]c1c(CO)cc(C(F)(F)F)c(N)c1N. The van der Waals surface area contributed by atoms with Gasteiger partial charge in [0.2, 0.25) is 0 Å². The molecule has 1 aromatic carbocycles. The summed E-state index contributed by atoms with van der Waals surface area (Å²) in [5, 5.41) is 8.74. The molecular weight excluding hydrogens is 197 g/mol. The molecule has 0 unspecified atom stereocenters. The first-order chi connectivity index (χ1) is 6.79. The van der Waals surface area contributed by atoms with E-state index >= 15 is 0 Å². The van der Waals surface area contributed by atoms with E-state index in [1.54, 1.807) is 0 Å². The Morgan fingerprint density at radius 2 is 2.00 bits per heavy atom. The minimum Gasteiger partial charge on any atom is -0.397 e. The van der Waals surface area contributed by atoms with E-state index in [0.717, 1.165) is 0 Å². The summed E-state index contributed by atoms with van der Waals surface area (Å²) < 4.78 is 44.5. The molecule has 0 spiro atoms.